The Hall–Kier alpha value is -3.51. The lowest BCUT2D eigenvalue weighted by molar-refractivity contribution is 0.0189. The van der Waals surface area contributed by atoms with Gasteiger partial charge in [0.1, 0.15) is 23.1 Å². The number of aryl methyl sites for hydroxylation is 1. The lowest BCUT2D eigenvalue weighted by atomic mass is 10.1. The van der Waals surface area contributed by atoms with E-state index in [2.05, 4.69) is 20.4 Å². The van der Waals surface area contributed by atoms with Crippen LogP contribution >= 0.6 is 0 Å². The summed E-state index contributed by atoms with van der Waals surface area (Å²) in [5.41, 5.74) is 3.64. The number of carbonyl (C=O) groups is 1. The summed E-state index contributed by atoms with van der Waals surface area (Å²) >= 11 is 0. The molecule has 0 unspecified atom stereocenters. The van der Waals surface area contributed by atoms with Crippen molar-refractivity contribution in [3.05, 3.63) is 63.3 Å². The number of piperazine rings is 1. The standard InChI is InChI=1S/C24H26F3N7O2/c1-2-16-23(35)30-21-17(28-16)4-3-14(20(21)26)11-32-7-9-33(10-8-32)19-6-5-18(29-22(19)27)24(36)31-34-12-15(25)13-34/h3-6,15H,2,7-13H2,1H3,(H,30,35)(H,31,36). The summed E-state index contributed by atoms with van der Waals surface area (Å²) in [6.45, 7) is 4.46. The number of H-pyrrole nitrogens is 1. The topological polar surface area (TPSA) is 97.5 Å². The molecule has 1 amide bonds. The number of amides is 1. The van der Waals surface area contributed by atoms with E-state index >= 15 is 4.39 Å². The number of aromatic amines is 1. The molecule has 9 nitrogen and oxygen atoms in total. The molecule has 0 saturated carbocycles. The van der Waals surface area contributed by atoms with E-state index in [9.17, 15) is 18.4 Å². The first-order valence-electron chi connectivity index (χ1n) is 11.9. The molecule has 2 N–H and O–H groups in total. The number of carbonyl (C=O) groups excluding carboxylic acids is 1. The molecule has 0 atom stereocenters. The molecule has 36 heavy (non-hydrogen) atoms. The van der Waals surface area contributed by atoms with Gasteiger partial charge in [0, 0.05) is 38.3 Å². The smallest absolute Gasteiger partial charge is 0.284 e. The van der Waals surface area contributed by atoms with Gasteiger partial charge in [-0.15, -0.1) is 0 Å². The first-order chi connectivity index (χ1) is 17.3. The van der Waals surface area contributed by atoms with Crippen molar-refractivity contribution in [1.82, 2.24) is 30.3 Å². The maximum Gasteiger partial charge on any atom is 0.284 e. The summed E-state index contributed by atoms with van der Waals surface area (Å²) in [7, 11) is 0. The van der Waals surface area contributed by atoms with Crippen molar-refractivity contribution in [2.24, 2.45) is 0 Å². The third-order valence-electron chi connectivity index (χ3n) is 6.56. The first kappa shape index (κ1) is 24.2. The number of fused-ring (bicyclic) bond motifs is 1. The number of rotatable bonds is 6. The highest BCUT2D eigenvalue weighted by atomic mass is 19.1. The molecule has 2 aliphatic rings. The quantitative estimate of drug-likeness (QED) is 0.497. The second-order valence-electron chi connectivity index (χ2n) is 9.01. The van der Waals surface area contributed by atoms with Crippen LogP contribution in [-0.4, -0.2) is 76.2 Å². The predicted molar refractivity (Wildman–Crippen MR) is 127 cm³/mol. The highest BCUT2D eigenvalue weighted by Crippen LogP contribution is 2.23. The van der Waals surface area contributed by atoms with E-state index in [1.165, 1.54) is 17.1 Å². The number of benzene rings is 1. The molecule has 1 aromatic carbocycles. The van der Waals surface area contributed by atoms with Crippen LogP contribution < -0.4 is 15.9 Å². The van der Waals surface area contributed by atoms with E-state index in [4.69, 9.17) is 0 Å². The Morgan fingerprint density at radius 3 is 2.53 bits per heavy atom. The number of anilines is 1. The number of hydrogen-bond acceptors (Lipinski definition) is 7. The molecule has 3 aromatic rings. The fourth-order valence-corrected chi connectivity index (χ4v) is 4.46. The van der Waals surface area contributed by atoms with Crippen LogP contribution in [-0.2, 0) is 13.0 Å². The Morgan fingerprint density at radius 1 is 1.11 bits per heavy atom. The van der Waals surface area contributed by atoms with Crippen LogP contribution in [0.15, 0.2) is 29.1 Å². The van der Waals surface area contributed by atoms with Gasteiger partial charge < -0.3 is 9.88 Å². The largest absolute Gasteiger partial charge is 0.365 e. The molecule has 0 radical (unpaired) electrons. The van der Waals surface area contributed by atoms with Crippen LogP contribution in [0.3, 0.4) is 0 Å². The van der Waals surface area contributed by atoms with Crippen LogP contribution in [0.2, 0.25) is 0 Å². The van der Waals surface area contributed by atoms with Crippen molar-refractivity contribution < 1.29 is 18.0 Å². The van der Waals surface area contributed by atoms with E-state index < -0.39 is 23.8 Å². The number of hydrogen-bond donors (Lipinski definition) is 2. The van der Waals surface area contributed by atoms with Gasteiger partial charge in [-0.25, -0.2) is 23.8 Å². The Labute approximate surface area is 204 Å². The van der Waals surface area contributed by atoms with Gasteiger partial charge in [-0.05, 0) is 24.6 Å². The number of halogens is 3. The van der Waals surface area contributed by atoms with Gasteiger partial charge >= 0.3 is 0 Å². The van der Waals surface area contributed by atoms with Crippen LogP contribution in [0.1, 0.15) is 28.7 Å². The average Bonchev–Trinajstić information content (AvgIpc) is 2.85. The lowest BCUT2D eigenvalue weighted by Gasteiger charge is -2.36. The SMILES string of the molecule is CCc1nc2ccc(CN3CCN(c4ccc(C(=O)NN5CC(F)C5)nc4F)CC3)c(F)c2[nH]c1=O. The second-order valence-corrected chi connectivity index (χ2v) is 9.01. The van der Waals surface area contributed by atoms with Gasteiger partial charge in [0.25, 0.3) is 11.5 Å². The van der Waals surface area contributed by atoms with E-state index in [-0.39, 0.29) is 35.5 Å². The predicted octanol–water partition coefficient (Wildman–Crippen LogP) is 1.78. The Morgan fingerprint density at radius 2 is 1.86 bits per heavy atom. The van der Waals surface area contributed by atoms with Gasteiger partial charge in [0.15, 0.2) is 5.82 Å². The van der Waals surface area contributed by atoms with Gasteiger partial charge in [-0.3, -0.25) is 19.9 Å². The lowest BCUT2D eigenvalue weighted by Crippen LogP contribution is -2.57. The molecule has 0 spiro atoms. The molecule has 190 valence electrons. The van der Waals surface area contributed by atoms with Crippen molar-refractivity contribution in [2.75, 3.05) is 44.2 Å². The molecule has 2 aliphatic heterocycles. The van der Waals surface area contributed by atoms with Gasteiger partial charge in [-0.1, -0.05) is 13.0 Å². The molecular weight excluding hydrogens is 475 g/mol. The molecule has 5 rings (SSSR count). The summed E-state index contributed by atoms with van der Waals surface area (Å²) < 4.78 is 42.7. The second kappa shape index (κ2) is 9.86. The monoisotopic (exact) mass is 501 g/mol. The van der Waals surface area contributed by atoms with Crippen molar-refractivity contribution >= 4 is 22.6 Å². The highest BCUT2D eigenvalue weighted by Gasteiger charge is 2.28. The molecule has 12 heteroatoms. The zero-order chi connectivity index (χ0) is 25.4. The third-order valence-corrected chi connectivity index (χ3v) is 6.56. The molecular formula is C24H26F3N7O2. The summed E-state index contributed by atoms with van der Waals surface area (Å²) in [5.74, 6) is -1.84. The molecule has 0 bridgehead atoms. The Balaban J connectivity index is 1.21. The van der Waals surface area contributed by atoms with Gasteiger partial charge in [0.05, 0.1) is 24.3 Å². The first-order valence-corrected chi connectivity index (χ1v) is 11.9. The number of nitrogens with zero attached hydrogens (tertiary/aromatic N) is 5. The molecule has 2 saturated heterocycles. The zero-order valence-electron chi connectivity index (χ0n) is 19.7. The minimum absolute atomic E-state index is 0.0810. The summed E-state index contributed by atoms with van der Waals surface area (Å²) in [5, 5.41) is 1.41. The number of nitrogens with one attached hydrogen (secondary N) is 2. The van der Waals surface area contributed by atoms with Crippen molar-refractivity contribution in [2.45, 2.75) is 26.1 Å². The molecule has 0 aliphatic carbocycles. The zero-order valence-corrected chi connectivity index (χ0v) is 19.7. The van der Waals surface area contributed by atoms with Crippen molar-refractivity contribution in [1.29, 1.82) is 0 Å². The van der Waals surface area contributed by atoms with E-state index in [1.54, 1.807) is 12.1 Å². The highest BCUT2D eigenvalue weighted by molar-refractivity contribution is 5.92. The van der Waals surface area contributed by atoms with Crippen molar-refractivity contribution in [3.63, 3.8) is 0 Å². The maximum atomic E-state index is 15.1. The summed E-state index contributed by atoms with van der Waals surface area (Å²) in [4.78, 5) is 38.8. The third kappa shape index (κ3) is 4.78. The fourth-order valence-electron chi connectivity index (χ4n) is 4.46. The van der Waals surface area contributed by atoms with E-state index in [1.807, 2.05) is 16.7 Å². The number of aromatic nitrogens is 3. The fraction of sp³-hybridized carbons (Fsp3) is 0.417. The average molecular weight is 502 g/mol. The molecule has 2 fully saturated rings. The van der Waals surface area contributed by atoms with Crippen LogP contribution in [0, 0.1) is 11.8 Å². The Bertz CT molecular complexity index is 1350. The minimum atomic E-state index is -0.969. The van der Waals surface area contributed by atoms with Crippen molar-refractivity contribution in [3.8, 4) is 0 Å². The van der Waals surface area contributed by atoms with Crippen LogP contribution in [0.4, 0.5) is 18.9 Å². The maximum absolute atomic E-state index is 15.1. The normalized spacial score (nSPS) is 17.4. The van der Waals surface area contributed by atoms with Crippen LogP contribution in [0.5, 0.6) is 0 Å². The summed E-state index contributed by atoms with van der Waals surface area (Å²) in [6.07, 6.45) is -0.506. The van der Waals surface area contributed by atoms with Gasteiger partial charge in [0.2, 0.25) is 5.95 Å². The number of alkyl halides is 1. The molecule has 4 heterocycles. The molecule has 2 aromatic heterocycles. The van der Waals surface area contributed by atoms with Gasteiger partial charge in [-0.2, -0.15) is 4.39 Å². The van der Waals surface area contributed by atoms with E-state index in [0.29, 0.717) is 55.9 Å². The number of pyridine rings is 1. The van der Waals surface area contributed by atoms with Crippen LogP contribution in [0.25, 0.3) is 11.0 Å². The Kier molecular flexibility index (Phi) is 6.63. The summed E-state index contributed by atoms with van der Waals surface area (Å²) in [6, 6.07) is 6.33. The minimum Gasteiger partial charge on any atom is -0.365 e. The number of hydrazine groups is 1. The van der Waals surface area contributed by atoms with E-state index in [0.717, 1.165) is 0 Å².